The number of nitrogen functional groups attached to an aromatic ring is 2. The fourth-order valence-electron chi connectivity index (χ4n) is 1.40. The molecule has 0 aliphatic carbocycles. The van der Waals surface area contributed by atoms with Crippen LogP contribution < -0.4 is 16.2 Å². The first-order valence-corrected chi connectivity index (χ1v) is 5.89. The van der Waals surface area contributed by atoms with E-state index in [-0.39, 0.29) is 11.7 Å². The molecular weight excluding hydrogens is 282 g/mol. The van der Waals surface area contributed by atoms with Crippen LogP contribution in [0.25, 0.3) is 0 Å². The van der Waals surface area contributed by atoms with Gasteiger partial charge in [-0.15, -0.1) is 0 Å². The number of nitrogens with zero attached hydrogens (tertiary/aromatic N) is 3. The van der Waals surface area contributed by atoms with Crippen molar-refractivity contribution in [3.8, 4) is 11.6 Å². The van der Waals surface area contributed by atoms with E-state index < -0.39 is 0 Å². The molecule has 1 aromatic heterocycles. The number of hydrogen-bond donors (Lipinski definition) is 2. The second-order valence-corrected chi connectivity index (χ2v) is 4.09. The maximum Gasteiger partial charge on any atom is 0.233 e. The zero-order valence-electron chi connectivity index (χ0n) is 10.6. The van der Waals surface area contributed by atoms with Crippen molar-refractivity contribution in [1.82, 2.24) is 9.97 Å². The summed E-state index contributed by atoms with van der Waals surface area (Å²) >= 11 is 6.04. The third kappa shape index (κ3) is 3.07. The molecule has 0 aliphatic heterocycles. The van der Waals surface area contributed by atoms with Gasteiger partial charge >= 0.3 is 0 Å². The maximum absolute atomic E-state index is 6.04. The van der Waals surface area contributed by atoms with Gasteiger partial charge in [0.15, 0.2) is 0 Å². The minimum Gasteiger partial charge on any atom is -0.437 e. The molecule has 0 bridgehead atoms. The summed E-state index contributed by atoms with van der Waals surface area (Å²) in [6, 6.07) is 4.87. The van der Waals surface area contributed by atoms with Crippen LogP contribution >= 0.6 is 11.6 Å². The number of anilines is 2. The number of aromatic nitrogens is 2. The molecule has 0 spiro atoms. The largest absolute Gasteiger partial charge is 0.437 e. The van der Waals surface area contributed by atoms with Gasteiger partial charge in [-0.2, -0.15) is 0 Å². The number of benzene rings is 1. The van der Waals surface area contributed by atoms with Crippen LogP contribution in [0, 0.1) is 0 Å². The Bertz CT molecular complexity index is 648. The Balaban J connectivity index is 2.38. The van der Waals surface area contributed by atoms with Crippen molar-refractivity contribution in [3.63, 3.8) is 0 Å². The number of nitrogens with two attached hydrogens (primary N) is 2. The molecular formula is C12H12ClN5O2. The van der Waals surface area contributed by atoms with Crippen LogP contribution in [-0.2, 0) is 4.84 Å². The maximum atomic E-state index is 6.04. The smallest absolute Gasteiger partial charge is 0.233 e. The van der Waals surface area contributed by atoms with Crippen LogP contribution in [0.3, 0.4) is 0 Å². The number of oxime groups is 1. The highest BCUT2D eigenvalue weighted by atomic mass is 35.5. The molecule has 0 unspecified atom stereocenters. The van der Waals surface area contributed by atoms with Gasteiger partial charge in [0.1, 0.15) is 30.6 Å². The van der Waals surface area contributed by atoms with Gasteiger partial charge in [-0.1, -0.05) is 16.8 Å². The summed E-state index contributed by atoms with van der Waals surface area (Å²) in [6.07, 6.45) is 2.63. The molecule has 1 heterocycles. The predicted octanol–water partition coefficient (Wildman–Crippen LogP) is 2.07. The van der Waals surface area contributed by atoms with E-state index in [9.17, 15) is 0 Å². The van der Waals surface area contributed by atoms with Gasteiger partial charge in [0.05, 0.1) is 11.2 Å². The Morgan fingerprint density at radius 1 is 1.30 bits per heavy atom. The molecule has 104 valence electrons. The quantitative estimate of drug-likeness (QED) is 0.507. The molecule has 0 amide bonds. The first-order chi connectivity index (χ1) is 9.61. The highest BCUT2D eigenvalue weighted by molar-refractivity contribution is 6.32. The Hall–Kier alpha value is -2.54. The average Bonchev–Trinajstić information content (AvgIpc) is 2.41. The van der Waals surface area contributed by atoms with Crippen molar-refractivity contribution in [3.05, 3.63) is 35.1 Å². The summed E-state index contributed by atoms with van der Waals surface area (Å²) in [7, 11) is 1.41. The molecule has 0 atom stereocenters. The summed E-state index contributed by atoms with van der Waals surface area (Å²) < 4.78 is 5.61. The fourth-order valence-corrected chi connectivity index (χ4v) is 1.63. The minimum atomic E-state index is 0.211. The normalized spacial score (nSPS) is 10.7. The van der Waals surface area contributed by atoms with Crippen molar-refractivity contribution in [2.75, 3.05) is 18.6 Å². The Morgan fingerprint density at radius 3 is 2.80 bits per heavy atom. The summed E-state index contributed by atoms with van der Waals surface area (Å²) in [6.45, 7) is 0. The lowest BCUT2D eigenvalue weighted by Gasteiger charge is -2.10. The van der Waals surface area contributed by atoms with E-state index in [1.54, 1.807) is 18.2 Å². The lowest BCUT2D eigenvalue weighted by atomic mass is 10.3. The number of halogens is 1. The average molecular weight is 294 g/mol. The first kappa shape index (κ1) is 13.9. The van der Waals surface area contributed by atoms with E-state index in [4.69, 9.17) is 27.8 Å². The number of hydrogen-bond acceptors (Lipinski definition) is 7. The molecule has 0 aliphatic rings. The topological polar surface area (TPSA) is 109 Å². The lowest BCUT2D eigenvalue weighted by molar-refractivity contribution is 0.215. The first-order valence-electron chi connectivity index (χ1n) is 5.51. The van der Waals surface area contributed by atoms with Gasteiger partial charge in [0.25, 0.3) is 0 Å². The third-order valence-electron chi connectivity index (χ3n) is 2.33. The van der Waals surface area contributed by atoms with E-state index in [0.717, 1.165) is 0 Å². The van der Waals surface area contributed by atoms with Crippen LogP contribution in [-0.4, -0.2) is 23.3 Å². The van der Waals surface area contributed by atoms with Crippen LogP contribution in [0.15, 0.2) is 29.7 Å². The molecule has 0 saturated heterocycles. The van der Waals surface area contributed by atoms with Crippen LogP contribution in [0.1, 0.15) is 5.56 Å². The second kappa shape index (κ2) is 6.07. The third-order valence-corrected chi connectivity index (χ3v) is 2.62. The molecule has 1 aromatic carbocycles. The standard InChI is InChI=1S/C12H12ClN5O2/c1-19-18-5-8-11(15)16-6-17-12(8)20-10-3-2-7(14)4-9(10)13/h2-6H,14H2,1H3,(H2,15,16,17). The monoisotopic (exact) mass is 293 g/mol. The predicted molar refractivity (Wildman–Crippen MR) is 77.0 cm³/mol. The van der Waals surface area contributed by atoms with Gasteiger partial charge in [0, 0.05) is 5.69 Å². The molecule has 0 saturated carbocycles. The fraction of sp³-hybridized carbons (Fsp3) is 0.0833. The molecule has 4 N–H and O–H groups in total. The zero-order valence-corrected chi connectivity index (χ0v) is 11.3. The Morgan fingerprint density at radius 2 is 2.10 bits per heavy atom. The summed E-state index contributed by atoms with van der Waals surface area (Å²) in [5.74, 6) is 0.818. The van der Waals surface area contributed by atoms with Crippen molar-refractivity contribution >= 4 is 29.3 Å². The van der Waals surface area contributed by atoms with E-state index in [0.29, 0.717) is 22.0 Å². The Kier molecular flexibility index (Phi) is 4.21. The summed E-state index contributed by atoms with van der Waals surface area (Å²) in [4.78, 5) is 12.5. The van der Waals surface area contributed by atoms with Crippen molar-refractivity contribution in [2.45, 2.75) is 0 Å². The summed E-state index contributed by atoms with van der Waals surface area (Å²) in [5.41, 5.74) is 12.3. The number of ether oxygens (including phenoxy) is 1. The highest BCUT2D eigenvalue weighted by Crippen LogP contribution is 2.31. The van der Waals surface area contributed by atoms with Crippen molar-refractivity contribution < 1.29 is 9.57 Å². The van der Waals surface area contributed by atoms with Crippen molar-refractivity contribution in [1.29, 1.82) is 0 Å². The lowest BCUT2D eigenvalue weighted by Crippen LogP contribution is -2.02. The minimum absolute atomic E-state index is 0.211. The van der Waals surface area contributed by atoms with Gasteiger partial charge < -0.3 is 21.0 Å². The number of rotatable bonds is 4. The van der Waals surface area contributed by atoms with Crippen LogP contribution in [0.5, 0.6) is 11.6 Å². The SMILES string of the molecule is CON=Cc1c(N)ncnc1Oc1ccc(N)cc1Cl. The van der Waals surface area contributed by atoms with E-state index in [1.807, 2.05) is 0 Å². The molecule has 20 heavy (non-hydrogen) atoms. The van der Waals surface area contributed by atoms with Gasteiger partial charge in [-0.3, -0.25) is 0 Å². The molecule has 7 nitrogen and oxygen atoms in total. The zero-order chi connectivity index (χ0) is 14.5. The van der Waals surface area contributed by atoms with E-state index >= 15 is 0 Å². The van der Waals surface area contributed by atoms with Gasteiger partial charge in [-0.25, -0.2) is 9.97 Å². The molecule has 8 heteroatoms. The van der Waals surface area contributed by atoms with Gasteiger partial charge in [-0.05, 0) is 18.2 Å². The van der Waals surface area contributed by atoms with Gasteiger partial charge in [0.2, 0.25) is 5.88 Å². The molecule has 2 rings (SSSR count). The Labute approximate surface area is 120 Å². The summed E-state index contributed by atoms with van der Waals surface area (Å²) in [5, 5.41) is 3.98. The van der Waals surface area contributed by atoms with Crippen molar-refractivity contribution in [2.24, 2.45) is 5.16 Å². The van der Waals surface area contributed by atoms with Crippen LogP contribution in [0.4, 0.5) is 11.5 Å². The molecule has 0 radical (unpaired) electrons. The van der Waals surface area contributed by atoms with E-state index in [1.165, 1.54) is 19.7 Å². The van der Waals surface area contributed by atoms with E-state index in [2.05, 4.69) is 20.0 Å². The second-order valence-electron chi connectivity index (χ2n) is 3.69. The highest BCUT2D eigenvalue weighted by Gasteiger charge is 2.12. The molecule has 2 aromatic rings. The molecule has 0 fully saturated rings. The van der Waals surface area contributed by atoms with Crippen LogP contribution in [0.2, 0.25) is 5.02 Å².